The van der Waals surface area contributed by atoms with Gasteiger partial charge in [0.25, 0.3) is 0 Å². The molecule has 0 saturated heterocycles. The van der Waals surface area contributed by atoms with Crippen LogP contribution in [-0.2, 0) is 0 Å². The van der Waals surface area contributed by atoms with Crippen LogP contribution in [0.25, 0.3) is 0 Å². The van der Waals surface area contributed by atoms with Crippen LogP contribution in [0.4, 0.5) is 0 Å². The minimum Gasteiger partial charge on any atom is -0.396 e. The van der Waals surface area contributed by atoms with E-state index in [4.69, 9.17) is 5.11 Å². The van der Waals surface area contributed by atoms with Gasteiger partial charge in [-0.3, -0.25) is 0 Å². The van der Waals surface area contributed by atoms with E-state index in [2.05, 4.69) is 20.8 Å². The standard InChI is InChI=1S/C12H22O/c1-9(2)12-5-4-10(3)8-11(12)6-7-13/h9-10,13H,4-8H2,1-3H3. The van der Waals surface area contributed by atoms with E-state index in [0.717, 1.165) is 12.3 Å². The maximum Gasteiger partial charge on any atom is 0.0468 e. The van der Waals surface area contributed by atoms with Crippen LogP contribution >= 0.6 is 0 Å². The first-order chi connectivity index (χ1) is 6.15. The van der Waals surface area contributed by atoms with E-state index in [0.29, 0.717) is 12.5 Å². The molecule has 0 amide bonds. The highest BCUT2D eigenvalue weighted by molar-refractivity contribution is 5.19. The average molecular weight is 182 g/mol. The zero-order valence-corrected chi connectivity index (χ0v) is 9.14. The van der Waals surface area contributed by atoms with Crippen molar-refractivity contribution in [1.29, 1.82) is 0 Å². The molecule has 1 aliphatic carbocycles. The maximum atomic E-state index is 8.97. The van der Waals surface area contributed by atoms with Gasteiger partial charge in [0, 0.05) is 6.61 Å². The molecule has 1 aliphatic rings. The van der Waals surface area contributed by atoms with Crippen LogP contribution in [0.15, 0.2) is 11.1 Å². The predicted molar refractivity (Wildman–Crippen MR) is 56.6 cm³/mol. The molecule has 1 unspecified atom stereocenters. The number of hydrogen-bond acceptors (Lipinski definition) is 1. The van der Waals surface area contributed by atoms with E-state index in [1.54, 1.807) is 5.57 Å². The molecular weight excluding hydrogens is 160 g/mol. The number of rotatable bonds is 3. The van der Waals surface area contributed by atoms with Gasteiger partial charge in [0.1, 0.15) is 0 Å². The summed E-state index contributed by atoms with van der Waals surface area (Å²) in [5, 5.41) is 8.97. The van der Waals surface area contributed by atoms with Crippen molar-refractivity contribution in [2.75, 3.05) is 6.61 Å². The first-order valence-electron chi connectivity index (χ1n) is 5.46. The third kappa shape index (κ3) is 2.84. The van der Waals surface area contributed by atoms with E-state index < -0.39 is 0 Å². The molecule has 0 spiro atoms. The summed E-state index contributed by atoms with van der Waals surface area (Å²) < 4.78 is 0. The van der Waals surface area contributed by atoms with Gasteiger partial charge in [-0.25, -0.2) is 0 Å². The molecule has 0 aromatic heterocycles. The van der Waals surface area contributed by atoms with Crippen molar-refractivity contribution in [1.82, 2.24) is 0 Å². The van der Waals surface area contributed by atoms with Crippen molar-refractivity contribution >= 4 is 0 Å². The lowest BCUT2D eigenvalue weighted by Crippen LogP contribution is -2.12. The quantitative estimate of drug-likeness (QED) is 0.665. The van der Waals surface area contributed by atoms with Gasteiger partial charge in [-0.2, -0.15) is 0 Å². The summed E-state index contributed by atoms with van der Waals surface area (Å²) in [5.41, 5.74) is 3.16. The van der Waals surface area contributed by atoms with E-state index in [1.807, 2.05) is 0 Å². The molecule has 0 aliphatic heterocycles. The van der Waals surface area contributed by atoms with Crippen LogP contribution in [-0.4, -0.2) is 11.7 Å². The molecule has 0 heterocycles. The van der Waals surface area contributed by atoms with Crippen LogP contribution in [0.2, 0.25) is 0 Å². The predicted octanol–water partition coefficient (Wildman–Crippen LogP) is 3.14. The van der Waals surface area contributed by atoms with Gasteiger partial charge in [-0.15, -0.1) is 0 Å². The summed E-state index contributed by atoms with van der Waals surface area (Å²) in [7, 11) is 0. The topological polar surface area (TPSA) is 20.2 Å². The lowest BCUT2D eigenvalue weighted by atomic mass is 9.79. The molecule has 76 valence electrons. The van der Waals surface area contributed by atoms with Crippen LogP contribution in [0.1, 0.15) is 46.5 Å². The molecule has 0 fully saturated rings. The molecule has 0 radical (unpaired) electrons. The summed E-state index contributed by atoms with van der Waals surface area (Å²) in [6, 6.07) is 0. The lowest BCUT2D eigenvalue weighted by Gasteiger charge is -2.27. The highest BCUT2D eigenvalue weighted by Crippen LogP contribution is 2.34. The van der Waals surface area contributed by atoms with Crippen molar-refractivity contribution in [3.05, 3.63) is 11.1 Å². The number of allylic oxidation sites excluding steroid dienone is 1. The fourth-order valence-electron chi connectivity index (χ4n) is 2.33. The third-order valence-corrected chi connectivity index (χ3v) is 3.07. The molecule has 0 saturated carbocycles. The Hall–Kier alpha value is -0.300. The van der Waals surface area contributed by atoms with Crippen LogP contribution in [0.3, 0.4) is 0 Å². The van der Waals surface area contributed by atoms with E-state index >= 15 is 0 Å². The molecule has 1 N–H and O–H groups in total. The van der Waals surface area contributed by atoms with Crippen molar-refractivity contribution < 1.29 is 5.11 Å². The lowest BCUT2D eigenvalue weighted by molar-refractivity contribution is 0.292. The second-order valence-electron chi connectivity index (χ2n) is 4.61. The van der Waals surface area contributed by atoms with Crippen molar-refractivity contribution in [2.24, 2.45) is 11.8 Å². The second kappa shape index (κ2) is 4.80. The van der Waals surface area contributed by atoms with Gasteiger partial charge in [0.15, 0.2) is 0 Å². The Morgan fingerprint density at radius 2 is 2.15 bits per heavy atom. The van der Waals surface area contributed by atoms with Gasteiger partial charge in [0.05, 0.1) is 0 Å². The Morgan fingerprint density at radius 1 is 1.46 bits per heavy atom. The van der Waals surface area contributed by atoms with Gasteiger partial charge in [0.2, 0.25) is 0 Å². The smallest absolute Gasteiger partial charge is 0.0468 e. The Morgan fingerprint density at radius 3 is 2.69 bits per heavy atom. The SMILES string of the molecule is CC1CCC(C(C)C)=C(CCO)C1. The Kier molecular flexibility index (Phi) is 3.98. The van der Waals surface area contributed by atoms with Gasteiger partial charge in [-0.1, -0.05) is 31.9 Å². The van der Waals surface area contributed by atoms with Crippen LogP contribution < -0.4 is 0 Å². The minimum atomic E-state index is 0.318. The molecule has 1 atom stereocenters. The largest absolute Gasteiger partial charge is 0.396 e. The summed E-state index contributed by atoms with van der Waals surface area (Å²) in [5.74, 6) is 1.50. The highest BCUT2D eigenvalue weighted by Gasteiger charge is 2.18. The van der Waals surface area contributed by atoms with E-state index in [-0.39, 0.29) is 0 Å². The Balaban J connectivity index is 2.74. The minimum absolute atomic E-state index is 0.318. The fraction of sp³-hybridized carbons (Fsp3) is 0.833. The zero-order chi connectivity index (χ0) is 9.84. The van der Waals surface area contributed by atoms with Crippen molar-refractivity contribution in [3.63, 3.8) is 0 Å². The third-order valence-electron chi connectivity index (χ3n) is 3.07. The molecule has 1 nitrogen and oxygen atoms in total. The van der Waals surface area contributed by atoms with Gasteiger partial charge < -0.3 is 5.11 Å². The van der Waals surface area contributed by atoms with Gasteiger partial charge in [-0.05, 0) is 37.5 Å². The second-order valence-corrected chi connectivity index (χ2v) is 4.61. The molecule has 0 bridgehead atoms. The van der Waals surface area contributed by atoms with Gasteiger partial charge >= 0.3 is 0 Å². The van der Waals surface area contributed by atoms with E-state index in [1.165, 1.54) is 24.8 Å². The number of hydrogen-bond donors (Lipinski definition) is 1. The summed E-state index contributed by atoms with van der Waals surface area (Å²) >= 11 is 0. The van der Waals surface area contributed by atoms with E-state index in [9.17, 15) is 0 Å². The number of aliphatic hydroxyl groups excluding tert-OH is 1. The summed E-state index contributed by atoms with van der Waals surface area (Å²) in [4.78, 5) is 0. The molecule has 0 aromatic carbocycles. The molecule has 1 heteroatoms. The number of aliphatic hydroxyl groups is 1. The van der Waals surface area contributed by atoms with Crippen molar-refractivity contribution in [2.45, 2.75) is 46.5 Å². The molecular formula is C12H22O. The first-order valence-corrected chi connectivity index (χ1v) is 5.46. The maximum absolute atomic E-state index is 8.97. The molecule has 0 aromatic rings. The fourth-order valence-corrected chi connectivity index (χ4v) is 2.33. The first kappa shape index (κ1) is 10.8. The molecule has 13 heavy (non-hydrogen) atoms. The van der Waals surface area contributed by atoms with Crippen LogP contribution in [0, 0.1) is 11.8 Å². The van der Waals surface area contributed by atoms with Crippen LogP contribution in [0.5, 0.6) is 0 Å². The average Bonchev–Trinajstić information content (AvgIpc) is 2.04. The Labute approximate surface area is 81.9 Å². The normalized spacial score (nSPS) is 24.2. The summed E-state index contributed by atoms with van der Waals surface area (Å²) in [6.07, 6.45) is 4.71. The highest BCUT2D eigenvalue weighted by atomic mass is 16.2. The molecule has 1 rings (SSSR count). The Bertz CT molecular complexity index is 191. The monoisotopic (exact) mass is 182 g/mol. The van der Waals surface area contributed by atoms with Crippen molar-refractivity contribution in [3.8, 4) is 0 Å². The zero-order valence-electron chi connectivity index (χ0n) is 9.14. The summed E-state index contributed by atoms with van der Waals surface area (Å²) in [6.45, 7) is 7.16.